The Morgan fingerprint density at radius 2 is 1.68 bits per heavy atom. The third-order valence-electron chi connectivity index (χ3n) is 7.12. The van der Waals surface area contributed by atoms with Gasteiger partial charge in [0.25, 0.3) is 0 Å². The Bertz CT molecular complexity index is 1380. The van der Waals surface area contributed by atoms with E-state index in [1.165, 1.54) is 14.2 Å². The number of hydrogen-bond acceptors (Lipinski definition) is 7. The third kappa shape index (κ3) is 7.55. The van der Waals surface area contributed by atoms with Crippen molar-refractivity contribution in [1.82, 2.24) is 10.2 Å². The van der Waals surface area contributed by atoms with E-state index in [2.05, 4.69) is 16.0 Å². The molecule has 0 spiro atoms. The van der Waals surface area contributed by atoms with Crippen LogP contribution in [0.3, 0.4) is 0 Å². The first-order valence-electron chi connectivity index (χ1n) is 13.4. The van der Waals surface area contributed by atoms with Crippen LogP contribution in [0, 0.1) is 6.92 Å². The summed E-state index contributed by atoms with van der Waals surface area (Å²) in [4.78, 5) is 39.5. The third-order valence-corrected chi connectivity index (χ3v) is 7.12. The van der Waals surface area contributed by atoms with Gasteiger partial charge < -0.3 is 35.1 Å². The summed E-state index contributed by atoms with van der Waals surface area (Å²) in [6.07, 6.45) is 0.928. The molecular weight excluding hydrogens is 524 g/mol. The zero-order valence-electron chi connectivity index (χ0n) is 23.7. The summed E-state index contributed by atoms with van der Waals surface area (Å²) < 4.78 is 16.2. The predicted molar refractivity (Wildman–Crippen MR) is 157 cm³/mol. The number of methoxy groups -OCH3 is 2. The molecule has 1 heterocycles. The fourth-order valence-corrected chi connectivity index (χ4v) is 4.80. The van der Waals surface area contributed by atoms with Crippen LogP contribution in [0.2, 0.25) is 0 Å². The lowest BCUT2D eigenvalue weighted by molar-refractivity contribution is -0.131. The number of anilines is 2. The number of benzene rings is 3. The van der Waals surface area contributed by atoms with Gasteiger partial charge in [-0.15, -0.1) is 0 Å². The van der Waals surface area contributed by atoms with Gasteiger partial charge in [-0.05, 0) is 74.0 Å². The van der Waals surface area contributed by atoms with Crippen LogP contribution in [-0.4, -0.2) is 69.3 Å². The number of likely N-dealkylation sites (N-methyl/N-ethyl adjacent to an activating group) is 1. The lowest BCUT2D eigenvalue weighted by atomic mass is 10.1. The van der Waals surface area contributed by atoms with Crippen LogP contribution in [0.5, 0.6) is 11.5 Å². The number of nitrogens with zero attached hydrogens (tertiary/aromatic N) is 1. The van der Waals surface area contributed by atoms with Gasteiger partial charge in [0.1, 0.15) is 18.1 Å². The number of urea groups is 1. The van der Waals surface area contributed by atoms with Crippen LogP contribution in [0.1, 0.15) is 27.9 Å². The molecule has 1 aliphatic rings. The first-order valence-corrected chi connectivity index (χ1v) is 13.4. The summed E-state index contributed by atoms with van der Waals surface area (Å²) in [6.45, 7) is 2.81. The molecule has 0 radical (unpaired) electrons. The van der Waals surface area contributed by atoms with Gasteiger partial charge in [0.05, 0.1) is 37.9 Å². The topological polar surface area (TPSA) is 118 Å². The molecule has 10 heteroatoms. The molecule has 1 aliphatic heterocycles. The van der Waals surface area contributed by atoms with E-state index in [4.69, 9.17) is 14.2 Å². The van der Waals surface area contributed by atoms with Gasteiger partial charge in [-0.2, -0.15) is 0 Å². The fourth-order valence-electron chi connectivity index (χ4n) is 4.80. The minimum atomic E-state index is -0.410. The zero-order chi connectivity index (χ0) is 29.4. The number of nitrogens with one attached hydrogen (secondary N) is 3. The minimum Gasteiger partial charge on any atom is -0.495 e. The second-order valence-corrected chi connectivity index (χ2v) is 9.85. The summed E-state index contributed by atoms with van der Waals surface area (Å²) in [5.41, 5.74) is 3.37. The molecule has 1 fully saturated rings. The van der Waals surface area contributed by atoms with Gasteiger partial charge in [0.2, 0.25) is 5.91 Å². The van der Waals surface area contributed by atoms with Crippen molar-refractivity contribution in [2.24, 2.45) is 0 Å². The molecular formula is C31H36N4O6. The summed E-state index contributed by atoms with van der Waals surface area (Å²) in [5, 5.41) is 8.92. The average molecular weight is 561 g/mol. The lowest BCUT2D eigenvalue weighted by Gasteiger charge is -2.25. The van der Waals surface area contributed by atoms with Crippen molar-refractivity contribution < 1.29 is 28.6 Å². The van der Waals surface area contributed by atoms with Gasteiger partial charge in [0, 0.05) is 18.3 Å². The summed E-state index contributed by atoms with van der Waals surface area (Å²) in [6, 6.07) is 19.2. The molecule has 0 saturated carbocycles. The number of carbonyl (C=O) groups excluding carboxylic acids is 3. The molecule has 216 valence electrons. The van der Waals surface area contributed by atoms with Gasteiger partial charge in [-0.25, -0.2) is 9.59 Å². The van der Waals surface area contributed by atoms with Gasteiger partial charge in [0.15, 0.2) is 0 Å². The smallest absolute Gasteiger partial charge is 0.337 e. The van der Waals surface area contributed by atoms with E-state index in [0.717, 1.165) is 17.5 Å². The number of ether oxygens (including phenoxy) is 3. The number of para-hydroxylation sites is 1. The van der Waals surface area contributed by atoms with E-state index in [1.807, 2.05) is 49.2 Å². The maximum atomic E-state index is 13.4. The molecule has 0 unspecified atom stereocenters. The average Bonchev–Trinajstić information content (AvgIpc) is 3.41. The van der Waals surface area contributed by atoms with Crippen molar-refractivity contribution >= 4 is 29.3 Å². The minimum absolute atomic E-state index is 0.0301. The molecule has 1 saturated heterocycles. The largest absolute Gasteiger partial charge is 0.495 e. The zero-order valence-corrected chi connectivity index (χ0v) is 23.7. The number of likely N-dealkylation sites (tertiary alicyclic amines) is 1. The molecule has 0 bridgehead atoms. The number of esters is 1. The Morgan fingerprint density at radius 1 is 0.951 bits per heavy atom. The van der Waals surface area contributed by atoms with E-state index >= 15 is 0 Å². The predicted octanol–water partition coefficient (Wildman–Crippen LogP) is 4.24. The SMILES string of the molecule is CN[C@@H]1C[C@@H](COc2ccc(C(=O)OC)cc2)N(C(=O)Cc2ccc(NC(=O)Nc3ccccc3C)c(OC)c2)C1. The number of aryl methyl sites for hydroxylation is 1. The standard InChI is InChI=1S/C31H36N4O6/c1-20-7-5-6-8-26(20)33-31(38)34-27-14-9-21(15-28(27)39-3)16-29(36)35-18-23(32-2)17-24(35)19-41-25-12-10-22(11-13-25)30(37)40-4/h5-15,23-24,32H,16-19H2,1-4H3,(H2,33,34,38)/t23-,24+/m1/s1. The summed E-state index contributed by atoms with van der Waals surface area (Å²) >= 11 is 0. The molecule has 41 heavy (non-hydrogen) atoms. The molecule has 3 N–H and O–H groups in total. The molecule has 4 rings (SSSR count). The summed E-state index contributed by atoms with van der Waals surface area (Å²) in [5.74, 6) is 0.627. The Kier molecular flexibility index (Phi) is 9.81. The second-order valence-electron chi connectivity index (χ2n) is 9.85. The lowest BCUT2D eigenvalue weighted by Crippen LogP contribution is -2.40. The first kappa shape index (κ1) is 29.4. The molecule has 10 nitrogen and oxygen atoms in total. The Morgan fingerprint density at radius 3 is 2.37 bits per heavy atom. The van der Waals surface area contributed by atoms with E-state index in [0.29, 0.717) is 41.6 Å². The molecule has 3 aromatic rings. The van der Waals surface area contributed by atoms with Crippen molar-refractivity contribution in [1.29, 1.82) is 0 Å². The van der Waals surface area contributed by atoms with Crippen LogP contribution in [0.4, 0.5) is 16.2 Å². The van der Waals surface area contributed by atoms with Gasteiger partial charge in [-0.1, -0.05) is 24.3 Å². The highest BCUT2D eigenvalue weighted by molar-refractivity contribution is 6.01. The molecule has 3 aromatic carbocycles. The van der Waals surface area contributed by atoms with Crippen LogP contribution in [-0.2, 0) is 16.0 Å². The Hall–Kier alpha value is -4.57. The highest BCUT2D eigenvalue weighted by atomic mass is 16.5. The van der Waals surface area contributed by atoms with Gasteiger partial charge in [-0.3, -0.25) is 4.79 Å². The Balaban J connectivity index is 1.38. The molecule has 2 atom stereocenters. The number of carbonyl (C=O) groups is 3. The maximum Gasteiger partial charge on any atom is 0.337 e. The van der Waals surface area contributed by atoms with Crippen molar-refractivity contribution in [2.75, 3.05) is 45.1 Å². The van der Waals surface area contributed by atoms with E-state index in [-0.39, 0.29) is 30.4 Å². The monoisotopic (exact) mass is 560 g/mol. The van der Waals surface area contributed by atoms with Crippen LogP contribution >= 0.6 is 0 Å². The van der Waals surface area contributed by atoms with Gasteiger partial charge >= 0.3 is 12.0 Å². The van der Waals surface area contributed by atoms with Crippen molar-refractivity contribution in [3.05, 3.63) is 83.4 Å². The summed E-state index contributed by atoms with van der Waals surface area (Å²) in [7, 11) is 4.74. The van der Waals surface area contributed by atoms with Crippen molar-refractivity contribution in [3.63, 3.8) is 0 Å². The van der Waals surface area contributed by atoms with Crippen LogP contribution in [0.25, 0.3) is 0 Å². The van der Waals surface area contributed by atoms with Crippen molar-refractivity contribution in [3.8, 4) is 11.5 Å². The normalized spacial score (nSPS) is 16.1. The quantitative estimate of drug-likeness (QED) is 0.318. The number of amides is 3. The first-order chi connectivity index (χ1) is 19.8. The van der Waals surface area contributed by atoms with E-state index < -0.39 is 5.97 Å². The second kappa shape index (κ2) is 13.7. The van der Waals surface area contributed by atoms with Crippen molar-refractivity contribution in [2.45, 2.75) is 31.8 Å². The van der Waals surface area contributed by atoms with Crippen LogP contribution in [0.15, 0.2) is 66.7 Å². The van der Waals surface area contributed by atoms with Crippen LogP contribution < -0.4 is 25.4 Å². The van der Waals surface area contributed by atoms with E-state index in [1.54, 1.807) is 36.4 Å². The molecule has 0 aliphatic carbocycles. The highest BCUT2D eigenvalue weighted by Crippen LogP contribution is 2.28. The molecule has 3 amide bonds. The molecule has 0 aromatic heterocycles. The number of hydrogen-bond donors (Lipinski definition) is 3. The highest BCUT2D eigenvalue weighted by Gasteiger charge is 2.35. The van der Waals surface area contributed by atoms with E-state index in [9.17, 15) is 14.4 Å². The number of rotatable bonds is 10. The Labute approximate surface area is 240 Å². The maximum absolute atomic E-state index is 13.4. The fraction of sp³-hybridized carbons (Fsp3) is 0.323.